The number of nitrogens with zero attached hydrogens (tertiary/aromatic N) is 3. The predicted molar refractivity (Wildman–Crippen MR) is 126 cm³/mol. The van der Waals surface area contributed by atoms with Crippen molar-refractivity contribution >= 4 is 23.0 Å². The van der Waals surface area contributed by atoms with Crippen LogP contribution in [-0.2, 0) is 11.1 Å². The second-order valence-electron chi connectivity index (χ2n) is 9.62. The summed E-state index contributed by atoms with van der Waals surface area (Å²) in [6.45, 7) is 8.79. The molecule has 1 atom stereocenters. The molecule has 0 bridgehead atoms. The Morgan fingerprint density at radius 1 is 1.22 bits per heavy atom. The number of phenolic OH excluding ortho intramolecular Hbond substituents is 1. The van der Waals surface area contributed by atoms with Crippen molar-refractivity contribution in [2.75, 3.05) is 17.7 Å². The van der Waals surface area contributed by atoms with E-state index in [1.54, 1.807) is 6.07 Å². The monoisotopic (exact) mass is 462 g/mol. The molecule has 9 heteroatoms. The van der Waals surface area contributed by atoms with E-state index < -0.39 is 16.9 Å². The van der Waals surface area contributed by atoms with Gasteiger partial charge in [-0.05, 0) is 64.8 Å². The summed E-state index contributed by atoms with van der Waals surface area (Å²) in [4.78, 5) is 2.13. The molecule has 3 rings (SSSR count). The minimum absolute atomic E-state index is 0.000228. The van der Waals surface area contributed by atoms with Crippen LogP contribution in [0, 0.1) is 5.82 Å². The normalized spacial score (nSPS) is 19.2. The molecular weight excluding hydrogens is 431 g/mol. The second-order valence-corrected chi connectivity index (χ2v) is 10.6. The fourth-order valence-corrected chi connectivity index (χ4v) is 4.82. The number of rotatable bonds is 6. The first-order chi connectivity index (χ1) is 14.9. The van der Waals surface area contributed by atoms with E-state index in [4.69, 9.17) is 4.55 Å². The van der Waals surface area contributed by atoms with Crippen LogP contribution in [0.3, 0.4) is 0 Å². The first kappa shape index (κ1) is 24.3. The van der Waals surface area contributed by atoms with Crippen LogP contribution in [0.15, 0.2) is 30.3 Å². The van der Waals surface area contributed by atoms with Crippen molar-refractivity contribution in [1.29, 1.82) is 0 Å². The van der Waals surface area contributed by atoms with Crippen LogP contribution in [-0.4, -0.2) is 54.0 Å². The van der Waals surface area contributed by atoms with E-state index in [1.807, 2.05) is 13.1 Å². The van der Waals surface area contributed by atoms with E-state index in [-0.39, 0.29) is 39.7 Å². The maximum absolute atomic E-state index is 14.5. The van der Waals surface area contributed by atoms with Gasteiger partial charge in [-0.25, -0.2) is 8.60 Å². The standard InChI is InChI=1S/C23H31FN4O3S/c1-22(2)13-16(14-23(3,4)27-22)28(5)21-9-8-19(25-26-21)17-12-18(24)15(11-20(17)29)7-6-10-32(30)31/h6-9,11-12,16,27,29H,10,13-14H2,1-5H3,(H,30,31)/b7-6+. The molecule has 0 saturated carbocycles. The van der Waals surface area contributed by atoms with Gasteiger partial charge < -0.3 is 19.9 Å². The molecule has 174 valence electrons. The van der Waals surface area contributed by atoms with Gasteiger partial charge in [0.25, 0.3) is 0 Å². The lowest BCUT2D eigenvalue weighted by molar-refractivity contribution is 0.160. The highest BCUT2D eigenvalue weighted by Gasteiger charge is 2.39. The molecule has 0 radical (unpaired) electrons. The highest BCUT2D eigenvalue weighted by atomic mass is 32.2. The Bertz CT molecular complexity index is 1010. The van der Waals surface area contributed by atoms with Crippen molar-refractivity contribution in [3.63, 3.8) is 0 Å². The topological polar surface area (TPSA) is 98.6 Å². The molecule has 32 heavy (non-hydrogen) atoms. The Balaban J connectivity index is 1.80. The minimum atomic E-state index is -2.00. The summed E-state index contributed by atoms with van der Waals surface area (Å²) in [6, 6.07) is 6.28. The van der Waals surface area contributed by atoms with Crippen molar-refractivity contribution in [1.82, 2.24) is 15.5 Å². The fourth-order valence-electron chi connectivity index (χ4n) is 4.55. The molecule has 1 aliphatic rings. The van der Waals surface area contributed by atoms with Gasteiger partial charge >= 0.3 is 0 Å². The highest BCUT2D eigenvalue weighted by Crippen LogP contribution is 2.34. The molecule has 2 aromatic rings. The van der Waals surface area contributed by atoms with E-state index in [1.165, 1.54) is 24.3 Å². The molecule has 1 saturated heterocycles. The lowest BCUT2D eigenvalue weighted by Crippen LogP contribution is -2.62. The summed E-state index contributed by atoms with van der Waals surface area (Å²) in [6.07, 6.45) is 4.66. The second kappa shape index (κ2) is 9.25. The number of hydrogen-bond donors (Lipinski definition) is 3. The first-order valence-electron chi connectivity index (χ1n) is 10.5. The Kier molecular flexibility index (Phi) is 7.02. The third-order valence-corrected chi connectivity index (χ3v) is 6.13. The summed E-state index contributed by atoms with van der Waals surface area (Å²) in [5.74, 6) is -0.120. The van der Waals surface area contributed by atoms with E-state index in [9.17, 15) is 13.7 Å². The maximum Gasteiger partial charge on any atom is 0.156 e. The average molecular weight is 463 g/mol. The van der Waals surface area contributed by atoms with Gasteiger partial charge in [0.2, 0.25) is 0 Å². The smallest absolute Gasteiger partial charge is 0.156 e. The van der Waals surface area contributed by atoms with Gasteiger partial charge in [-0.3, -0.25) is 0 Å². The summed E-state index contributed by atoms with van der Waals surface area (Å²) in [7, 11) is 2.00. The molecule has 0 amide bonds. The van der Waals surface area contributed by atoms with Gasteiger partial charge in [0, 0.05) is 35.3 Å². The Morgan fingerprint density at radius 3 is 2.44 bits per heavy atom. The SMILES string of the molecule is CN(c1ccc(-c2cc(F)c(/C=C/CS(=O)O)cc2O)nn1)C1CC(C)(C)NC(C)(C)C1. The molecule has 1 aliphatic heterocycles. The third kappa shape index (κ3) is 5.90. The number of halogens is 1. The number of aromatic hydroxyl groups is 1. The minimum Gasteiger partial charge on any atom is -0.507 e. The number of phenols is 1. The summed E-state index contributed by atoms with van der Waals surface area (Å²) in [5, 5.41) is 22.6. The lowest BCUT2D eigenvalue weighted by Gasteiger charge is -2.49. The summed E-state index contributed by atoms with van der Waals surface area (Å²) < 4.78 is 34.0. The molecule has 2 heterocycles. The quantitative estimate of drug-likeness (QED) is 0.559. The van der Waals surface area contributed by atoms with Crippen LogP contribution in [0.25, 0.3) is 17.3 Å². The van der Waals surface area contributed by atoms with E-state index in [0.717, 1.165) is 12.8 Å². The van der Waals surface area contributed by atoms with Crippen LogP contribution < -0.4 is 10.2 Å². The zero-order valence-electron chi connectivity index (χ0n) is 19.1. The van der Waals surface area contributed by atoms with E-state index in [2.05, 4.69) is 48.1 Å². The van der Waals surface area contributed by atoms with E-state index in [0.29, 0.717) is 11.5 Å². The Hall–Kier alpha value is -2.36. The van der Waals surface area contributed by atoms with Crippen LogP contribution >= 0.6 is 0 Å². The molecular formula is C23H31FN4O3S. The zero-order valence-corrected chi connectivity index (χ0v) is 19.9. The number of aromatic nitrogens is 2. The van der Waals surface area contributed by atoms with Gasteiger partial charge in [-0.2, -0.15) is 0 Å². The Morgan fingerprint density at radius 2 is 1.88 bits per heavy atom. The van der Waals surface area contributed by atoms with Crippen LogP contribution in [0.2, 0.25) is 0 Å². The van der Waals surface area contributed by atoms with Gasteiger partial charge in [0.15, 0.2) is 16.9 Å². The van der Waals surface area contributed by atoms with Gasteiger partial charge in [0.1, 0.15) is 11.6 Å². The number of piperidine rings is 1. The molecule has 0 aliphatic carbocycles. The summed E-state index contributed by atoms with van der Waals surface area (Å²) >= 11 is -2.00. The van der Waals surface area contributed by atoms with Crippen molar-refractivity contribution in [3.8, 4) is 17.0 Å². The van der Waals surface area contributed by atoms with Crippen molar-refractivity contribution in [2.24, 2.45) is 0 Å². The van der Waals surface area contributed by atoms with Crippen LogP contribution in [0.5, 0.6) is 5.75 Å². The fraction of sp³-hybridized carbons (Fsp3) is 0.478. The molecule has 0 spiro atoms. The van der Waals surface area contributed by atoms with Gasteiger partial charge in [-0.1, -0.05) is 12.2 Å². The number of benzene rings is 1. The molecule has 3 N–H and O–H groups in total. The predicted octanol–water partition coefficient (Wildman–Crippen LogP) is 3.97. The lowest BCUT2D eigenvalue weighted by atomic mass is 9.79. The highest BCUT2D eigenvalue weighted by molar-refractivity contribution is 7.79. The first-order valence-corrected chi connectivity index (χ1v) is 11.8. The van der Waals surface area contributed by atoms with Crippen LogP contribution in [0.1, 0.15) is 46.1 Å². The number of hydrogen-bond acceptors (Lipinski definition) is 6. The van der Waals surface area contributed by atoms with E-state index >= 15 is 0 Å². The maximum atomic E-state index is 14.5. The van der Waals surface area contributed by atoms with Gasteiger partial charge in [-0.15, -0.1) is 10.2 Å². The molecule has 1 unspecified atom stereocenters. The zero-order chi connectivity index (χ0) is 23.7. The van der Waals surface area contributed by atoms with Crippen molar-refractivity contribution in [3.05, 3.63) is 41.7 Å². The number of nitrogens with one attached hydrogen (secondary N) is 1. The Labute approximate surface area is 191 Å². The average Bonchev–Trinajstić information content (AvgIpc) is 2.67. The molecule has 1 aromatic heterocycles. The van der Waals surface area contributed by atoms with Crippen molar-refractivity contribution in [2.45, 2.75) is 57.7 Å². The van der Waals surface area contributed by atoms with Crippen molar-refractivity contribution < 1.29 is 18.3 Å². The molecule has 7 nitrogen and oxygen atoms in total. The summed E-state index contributed by atoms with van der Waals surface area (Å²) in [5.41, 5.74) is 0.712. The van der Waals surface area contributed by atoms with Gasteiger partial charge in [0.05, 0.1) is 11.4 Å². The third-order valence-electron chi connectivity index (χ3n) is 5.66. The molecule has 1 fully saturated rings. The largest absolute Gasteiger partial charge is 0.507 e. The van der Waals surface area contributed by atoms with Crippen LogP contribution in [0.4, 0.5) is 10.2 Å². The molecule has 1 aromatic carbocycles. The number of anilines is 1.